The van der Waals surface area contributed by atoms with E-state index in [1.165, 1.54) is 4.90 Å². The van der Waals surface area contributed by atoms with Gasteiger partial charge in [0.05, 0.1) is 5.69 Å². The highest BCUT2D eigenvalue weighted by molar-refractivity contribution is 7.09. The molecule has 0 fully saturated rings. The third-order valence-corrected chi connectivity index (χ3v) is 6.34. The van der Waals surface area contributed by atoms with E-state index in [0.29, 0.717) is 11.3 Å². The van der Waals surface area contributed by atoms with Crippen molar-refractivity contribution in [1.29, 1.82) is 0 Å². The van der Waals surface area contributed by atoms with Gasteiger partial charge in [-0.1, -0.05) is 42.5 Å². The Morgan fingerprint density at radius 2 is 1.75 bits per heavy atom. The van der Waals surface area contributed by atoms with Crippen LogP contribution in [0.15, 0.2) is 79.1 Å². The van der Waals surface area contributed by atoms with Gasteiger partial charge in [-0.2, -0.15) is 4.37 Å². The average Bonchev–Trinajstić information content (AvgIpc) is 3.28. The molecule has 9 nitrogen and oxygen atoms in total. The third kappa shape index (κ3) is 5.23. The molecule has 0 aliphatic carbocycles. The lowest BCUT2D eigenvalue weighted by molar-refractivity contribution is -0.122. The summed E-state index contributed by atoms with van der Waals surface area (Å²) in [5.41, 5.74) is 14.0. The van der Waals surface area contributed by atoms with Crippen molar-refractivity contribution in [3.8, 4) is 0 Å². The maximum absolute atomic E-state index is 14.0. The number of nitrogens with one attached hydrogen (secondary N) is 1. The molecule has 2 aromatic heterocycles. The first-order valence-corrected chi connectivity index (χ1v) is 11.8. The van der Waals surface area contributed by atoms with Crippen LogP contribution < -0.4 is 21.7 Å². The molecule has 2 aromatic carbocycles. The summed E-state index contributed by atoms with van der Waals surface area (Å²) in [5.74, 6) is -1.82. The normalized spacial score (nSPS) is 11.5. The maximum atomic E-state index is 14.0. The Labute approximate surface area is 211 Å². The zero-order valence-electron chi connectivity index (χ0n) is 19.4. The summed E-state index contributed by atoms with van der Waals surface area (Å²) in [7, 11) is 0. The number of benzene rings is 2. The molecule has 4 rings (SSSR count). The molecule has 0 saturated carbocycles. The molecule has 4 aromatic rings. The molecule has 0 bridgehead atoms. The van der Waals surface area contributed by atoms with Gasteiger partial charge in [0.25, 0.3) is 11.8 Å². The number of nitrogens with zero attached hydrogens (tertiary/aromatic N) is 3. The number of aryl methyl sites for hydroxylation is 1. The predicted molar refractivity (Wildman–Crippen MR) is 138 cm³/mol. The highest BCUT2D eigenvalue weighted by atomic mass is 32.1. The number of pyridine rings is 1. The Morgan fingerprint density at radius 3 is 2.39 bits per heavy atom. The van der Waals surface area contributed by atoms with E-state index in [4.69, 9.17) is 11.5 Å². The van der Waals surface area contributed by atoms with Crippen LogP contribution in [0.1, 0.15) is 42.9 Å². The van der Waals surface area contributed by atoms with E-state index < -0.39 is 23.8 Å². The smallest absolute Gasteiger partial charge is 0.273 e. The van der Waals surface area contributed by atoms with Gasteiger partial charge in [-0.05, 0) is 59.4 Å². The van der Waals surface area contributed by atoms with Gasteiger partial charge in [0.2, 0.25) is 5.91 Å². The molecule has 0 radical (unpaired) electrons. The number of primary amides is 1. The largest absolute Gasteiger partial charge is 0.395 e. The highest BCUT2D eigenvalue weighted by Crippen LogP contribution is 2.33. The van der Waals surface area contributed by atoms with Gasteiger partial charge >= 0.3 is 0 Å². The second-order valence-corrected chi connectivity index (χ2v) is 8.81. The standard InChI is InChI=1S/C26H24N6O3S/c1-16-6-5-9-19(14-16)32(26(35)23-20(27)21(24(28)33)31-36-23)22(18-10-12-29-13-11-18)25(34)30-15-17-7-3-2-4-8-17/h2-14,22H,15,27H2,1H3,(H2,28,33)(H,30,34)/t22-/m0/s1. The fraction of sp³-hybridized carbons (Fsp3) is 0.115. The number of nitrogens with two attached hydrogens (primary N) is 2. The van der Waals surface area contributed by atoms with Gasteiger partial charge in [0.1, 0.15) is 10.9 Å². The van der Waals surface area contributed by atoms with Crippen LogP contribution in [0.3, 0.4) is 0 Å². The number of aromatic nitrogens is 2. The van der Waals surface area contributed by atoms with Crippen LogP contribution in [-0.4, -0.2) is 27.1 Å². The Balaban J connectivity index is 1.81. The maximum Gasteiger partial charge on any atom is 0.273 e. The Hall–Kier alpha value is -4.57. The first-order chi connectivity index (χ1) is 17.4. The summed E-state index contributed by atoms with van der Waals surface area (Å²) in [5, 5.41) is 2.94. The number of carbonyl (C=O) groups excluding carboxylic acids is 3. The van der Waals surface area contributed by atoms with Crippen molar-refractivity contribution in [1.82, 2.24) is 14.7 Å². The lowest BCUT2D eigenvalue weighted by Crippen LogP contribution is -2.44. The quantitative estimate of drug-likeness (QED) is 0.339. The molecule has 36 heavy (non-hydrogen) atoms. The van der Waals surface area contributed by atoms with Gasteiger partial charge in [0.15, 0.2) is 5.69 Å². The zero-order chi connectivity index (χ0) is 25.7. The number of hydrogen-bond acceptors (Lipinski definition) is 7. The van der Waals surface area contributed by atoms with Gasteiger partial charge in [-0.3, -0.25) is 24.3 Å². The third-order valence-electron chi connectivity index (χ3n) is 5.49. The van der Waals surface area contributed by atoms with E-state index in [1.807, 2.05) is 43.3 Å². The molecule has 0 spiro atoms. The Kier molecular flexibility index (Phi) is 7.36. The number of anilines is 2. The molecule has 0 aliphatic rings. The number of rotatable bonds is 8. The van der Waals surface area contributed by atoms with Crippen molar-refractivity contribution in [2.75, 3.05) is 10.6 Å². The molecule has 5 N–H and O–H groups in total. The number of carbonyl (C=O) groups is 3. The summed E-state index contributed by atoms with van der Waals surface area (Å²) in [6.07, 6.45) is 3.11. The highest BCUT2D eigenvalue weighted by Gasteiger charge is 2.36. The lowest BCUT2D eigenvalue weighted by atomic mass is 10.0. The van der Waals surface area contributed by atoms with E-state index in [-0.39, 0.29) is 22.8 Å². The second kappa shape index (κ2) is 10.8. The summed E-state index contributed by atoms with van der Waals surface area (Å²) in [6.45, 7) is 2.15. The van der Waals surface area contributed by atoms with Gasteiger partial charge in [-0.15, -0.1) is 0 Å². The molecule has 0 unspecified atom stereocenters. The van der Waals surface area contributed by atoms with Crippen LogP contribution in [0, 0.1) is 6.92 Å². The number of hydrogen-bond donors (Lipinski definition) is 3. The Bertz CT molecular complexity index is 1390. The van der Waals surface area contributed by atoms with Crippen LogP contribution in [0.2, 0.25) is 0 Å². The number of amides is 3. The molecule has 0 aliphatic heterocycles. The van der Waals surface area contributed by atoms with Gasteiger partial charge < -0.3 is 16.8 Å². The van der Waals surface area contributed by atoms with Gasteiger partial charge in [-0.25, -0.2) is 0 Å². The minimum Gasteiger partial charge on any atom is -0.395 e. The van der Waals surface area contributed by atoms with E-state index in [9.17, 15) is 14.4 Å². The minimum atomic E-state index is -1.07. The topological polar surface area (TPSA) is 144 Å². The molecular weight excluding hydrogens is 476 g/mol. The summed E-state index contributed by atoms with van der Waals surface area (Å²) in [4.78, 5) is 44.8. The molecule has 182 valence electrons. The summed E-state index contributed by atoms with van der Waals surface area (Å²) in [6, 6.07) is 18.9. The van der Waals surface area contributed by atoms with Crippen molar-refractivity contribution < 1.29 is 14.4 Å². The predicted octanol–water partition coefficient (Wildman–Crippen LogP) is 3.23. The molecule has 0 saturated heterocycles. The van der Waals surface area contributed by atoms with Crippen LogP contribution in [0.4, 0.5) is 11.4 Å². The Morgan fingerprint density at radius 1 is 1.03 bits per heavy atom. The van der Waals surface area contributed by atoms with Crippen LogP contribution in [-0.2, 0) is 11.3 Å². The van der Waals surface area contributed by atoms with Crippen molar-refractivity contribution in [3.05, 3.63) is 106 Å². The fourth-order valence-electron chi connectivity index (χ4n) is 3.75. The van der Waals surface area contributed by atoms with Crippen LogP contribution >= 0.6 is 11.5 Å². The van der Waals surface area contributed by atoms with Crippen LogP contribution in [0.25, 0.3) is 0 Å². The molecule has 1 atom stereocenters. The van der Waals surface area contributed by atoms with Crippen molar-refractivity contribution in [3.63, 3.8) is 0 Å². The van der Waals surface area contributed by atoms with E-state index in [1.54, 1.807) is 42.7 Å². The molecule has 10 heteroatoms. The van der Waals surface area contributed by atoms with Crippen molar-refractivity contribution >= 4 is 40.6 Å². The van der Waals surface area contributed by atoms with Gasteiger partial charge in [0, 0.05) is 24.6 Å². The summed E-state index contributed by atoms with van der Waals surface area (Å²) < 4.78 is 3.97. The number of nitrogen functional groups attached to an aromatic ring is 1. The monoisotopic (exact) mass is 500 g/mol. The zero-order valence-corrected chi connectivity index (χ0v) is 20.2. The minimum absolute atomic E-state index is 0.0141. The molecule has 2 heterocycles. The average molecular weight is 501 g/mol. The van der Waals surface area contributed by atoms with Crippen molar-refractivity contribution in [2.24, 2.45) is 5.73 Å². The van der Waals surface area contributed by atoms with E-state index in [2.05, 4.69) is 14.7 Å². The molecular formula is C26H24N6O3S. The first kappa shape index (κ1) is 24.6. The fourth-order valence-corrected chi connectivity index (χ4v) is 4.49. The lowest BCUT2D eigenvalue weighted by Gasteiger charge is -2.31. The van der Waals surface area contributed by atoms with Crippen LogP contribution in [0.5, 0.6) is 0 Å². The first-order valence-electron chi connectivity index (χ1n) is 11.0. The van der Waals surface area contributed by atoms with E-state index in [0.717, 1.165) is 22.7 Å². The SMILES string of the molecule is Cc1cccc(N(C(=O)c2snc(C(N)=O)c2N)[C@H](C(=O)NCc2ccccc2)c2ccncc2)c1. The molecule has 3 amide bonds. The summed E-state index contributed by atoms with van der Waals surface area (Å²) >= 11 is 0.763. The van der Waals surface area contributed by atoms with E-state index >= 15 is 0 Å². The second-order valence-electron chi connectivity index (χ2n) is 8.04. The van der Waals surface area contributed by atoms with Crippen molar-refractivity contribution in [2.45, 2.75) is 19.5 Å².